The van der Waals surface area contributed by atoms with Crippen molar-refractivity contribution in [2.75, 3.05) is 4.90 Å². The van der Waals surface area contributed by atoms with E-state index in [4.69, 9.17) is 4.42 Å². The lowest BCUT2D eigenvalue weighted by Gasteiger charge is -2.31. The largest absolute Gasteiger partial charge is 0.456 e. The average Bonchev–Trinajstić information content (AvgIpc) is 3.81. The summed E-state index contributed by atoms with van der Waals surface area (Å²) in [5, 5.41) is 2.26. The van der Waals surface area contributed by atoms with Crippen molar-refractivity contribution in [1.82, 2.24) is 0 Å². The van der Waals surface area contributed by atoms with Crippen LogP contribution in [-0.2, 0) is 10.8 Å². The third-order valence-corrected chi connectivity index (χ3v) is 12.7. The van der Waals surface area contributed by atoms with Gasteiger partial charge < -0.3 is 9.32 Å². The molecule has 8 aromatic carbocycles. The lowest BCUT2D eigenvalue weighted by atomic mass is 9.81. The summed E-state index contributed by atoms with van der Waals surface area (Å²) in [5.74, 6) is 0. The monoisotopic (exact) mass is 719 g/mol. The highest BCUT2D eigenvalue weighted by atomic mass is 16.3. The second-order valence-electron chi connectivity index (χ2n) is 16.5. The zero-order valence-corrected chi connectivity index (χ0v) is 32.1. The lowest BCUT2D eigenvalue weighted by molar-refractivity contribution is 0.660. The highest BCUT2D eigenvalue weighted by Crippen LogP contribution is 2.56. The van der Waals surface area contributed by atoms with Crippen LogP contribution in [-0.4, -0.2) is 0 Å². The molecule has 1 heterocycles. The van der Waals surface area contributed by atoms with Gasteiger partial charge in [0, 0.05) is 38.4 Å². The van der Waals surface area contributed by atoms with Crippen LogP contribution < -0.4 is 4.90 Å². The van der Waals surface area contributed by atoms with Gasteiger partial charge in [0.15, 0.2) is 0 Å². The van der Waals surface area contributed by atoms with Crippen LogP contribution in [0.1, 0.15) is 49.9 Å². The molecular formula is C54H41NO. The fourth-order valence-electron chi connectivity index (χ4n) is 9.93. The minimum atomic E-state index is -0.134. The quantitative estimate of drug-likeness (QED) is 0.176. The third kappa shape index (κ3) is 4.62. The molecule has 0 saturated heterocycles. The smallest absolute Gasteiger partial charge is 0.136 e. The Morgan fingerprint density at radius 1 is 0.393 bits per heavy atom. The van der Waals surface area contributed by atoms with E-state index in [1.165, 1.54) is 61.3 Å². The number of benzene rings is 8. The van der Waals surface area contributed by atoms with Gasteiger partial charge in [-0.1, -0.05) is 161 Å². The second-order valence-corrected chi connectivity index (χ2v) is 16.5. The number of furan rings is 1. The van der Waals surface area contributed by atoms with Gasteiger partial charge in [-0.05, 0) is 98.1 Å². The number of fused-ring (bicyclic) bond motifs is 9. The van der Waals surface area contributed by atoms with Gasteiger partial charge in [-0.15, -0.1) is 0 Å². The first-order chi connectivity index (χ1) is 27.3. The standard InChI is InChI=1S/C54H41NO/c1-53(2)44-24-10-6-20-41(44)52-45(53)25-15-27-48(52)55(47-26-11-7-19-39(47)40-22-14-29-50-51(40)42-21-8-12-28-49(42)56-50)36-17-13-16-34(32-36)35-30-31-38-37-18-5-9-23-43(37)54(3,4)46(38)33-35/h5-33H,1-4H3. The van der Waals surface area contributed by atoms with Crippen LogP contribution in [0.2, 0.25) is 0 Å². The summed E-state index contributed by atoms with van der Waals surface area (Å²) in [5.41, 5.74) is 20.4. The van der Waals surface area contributed by atoms with Gasteiger partial charge in [-0.25, -0.2) is 0 Å². The maximum Gasteiger partial charge on any atom is 0.136 e. The number of nitrogens with zero attached hydrogens (tertiary/aromatic N) is 1. The topological polar surface area (TPSA) is 16.4 Å². The molecule has 0 N–H and O–H groups in total. The SMILES string of the molecule is CC1(C)c2ccccc2-c2ccc(-c3cccc(N(c4ccccc4-c4cccc5oc6ccccc6c45)c4cccc5c4-c4ccccc4C5(C)C)c3)cc21. The van der Waals surface area contributed by atoms with Gasteiger partial charge in [-0.3, -0.25) is 0 Å². The molecule has 0 saturated carbocycles. The zero-order chi connectivity index (χ0) is 37.8. The summed E-state index contributed by atoms with van der Waals surface area (Å²) >= 11 is 0. The number of hydrogen-bond donors (Lipinski definition) is 0. The summed E-state index contributed by atoms with van der Waals surface area (Å²) in [6.07, 6.45) is 0. The molecule has 0 atom stereocenters. The Morgan fingerprint density at radius 3 is 1.82 bits per heavy atom. The van der Waals surface area contributed by atoms with E-state index in [0.29, 0.717) is 0 Å². The van der Waals surface area contributed by atoms with E-state index in [1.54, 1.807) is 0 Å². The fraction of sp³-hybridized carbons (Fsp3) is 0.111. The van der Waals surface area contributed by atoms with Gasteiger partial charge >= 0.3 is 0 Å². The van der Waals surface area contributed by atoms with Crippen molar-refractivity contribution in [2.45, 2.75) is 38.5 Å². The molecule has 0 aliphatic heterocycles. The first kappa shape index (κ1) is 32.8. The minimum absolute atomic E-state index is 0.0758. The molecule has 1 aromatic heterocycles. The van der Waals surface area contributed by atoms with Gasteiger partial charge in [0.2, 0.25) is 0 Å². The number of para-hydroxylation sites is 2. The molecule has 56 heavy (non-hydrogen) atoms. The molecule has 0 spiro atoms. The van der Waals surface area contributed by atoms with Crippen LogP contribution >= 0.6 is 0 Å². The first-order valence-corrected chi connectivity index (χ1v) is 19.7. The van der Waals surface area contributed by atoms with Crippen LogP contribution in [0.15, 0.2) is 180 Å². The number of hydrogen-bond acceptors (Lipinski definition) is 2. The molecule has 2 aliphatic carbocycles. The van der Waals surface area contributed by atoms with Crippen molar-refractivity contribution in [3.05, 3.63) is 198 Å². The molecule has 0 amide bonds. The summed E-state index contributed by atoms with van der Waals surface area (Å²) in [4.78, 5) is 2.50. The lowest BCUT2D eigenvalue weighted by Crippen LogP contribution is -2.16. The maximum atomic E-state index is 6.42. The van der Waals surface area contributed by atoms with E-state index < -0.39 is 0 Å². The normalized spacial score (nSPS) is 14.4. The molecule has 0 radical (unpaired) electrons. The summed E-state index contributed by atoms with van der Waals surface area (Å²) in [7, 11) is 0. The molecule has 0 fully saturated rings. The zero-order valence-electron chi connectivity index (χ0n) is 32.1. The number of anilines is 3. The summed E-state index contributed by atoms with van der Waals surface area (Å²) in [6.45, 7) is 9.43. The molecule has 268 valence electrons. The predicted octanol–water partition coefficient (Wildman–Crippen LogP) is 15.0. The molecule has 0 bridgehead atoms. The molecule has 2 aliphatic rings. The second kappa shape index (κ2) is 11.9. The van der Waals surface area contributed by atoms with E-state index in [1.807, 2.05) is 6.07 Å². The van der Waals surface area contributed by atoms with Crippen molar-refractivity contribution in [3.8, 4) is 44.5 Å². The predicted molar refractivity (Wildman–Crippen MR) is 234 cm³/mol. The van der Waals surface area contributed by atoms with Crippen LogP contribution in [0.3, 0.4) is 0 Å². The van der Waals surface area contributed by atoms with E-state index in [2.05, 4.69) is 202 Å². The van der Waals surface area contributed by atoms with Crippen molar-refractivity contribution in [3.63, 3.8) is 0 Å². The van der Waals surface area contributed by atoms with Crippen molar-refractivity contribution in [2.24, 2.45) is 0 Å². The Balaban J connectivity index is 1.16. The maximum absolute atomic E-state index is 6.42. The minimum Gasteiger partial charge on any atom is -0.456 e. The molecule has 2 nitrogen and oxygen atoms in total. The van der Waals surface area contributed by atoms with Gasteiger partial charge in [-0.2, -0.15) is 0 Å². The van der Waals surface area contributed by atoms with Crippen molar-refractivity contribution < 1.29 is 4.42 Å². The van der Waals surface area contributed by atoms with Crippen LogP contribution in [0.25, 0.3) is 66.4 Å². The first-order valence-electron chi connectivity index (χ1n) is 19.7. The van der Waals surface area contributed by atoms with Crippen LogP contribution in [0, 0.1) is 0 Å². The molecule has 2 heteroatoms. The summed E-state index contributed by atoms with van der Waals surface area (Å²) in [6, 6.07) is 64.6. The summed E-state index contributed by atoms with van der Waals surface area (Å²) < 4.78 is 6.42. The Labute approximate surface area is 328 Å². The van der Waals surface area contributed by atoms with E-state index >= 15 is 0 Å². The van der Waals surface area contributed by atoms with Gasteiger partial charge in [0.25, 0.3) is 0 Å². The Morgan fingerprint density at radius 2 is 0.964 bits per heavy atom. The molecule has 0 unspecified atom stereocenters. The van der Waals surface area contributed by atoms with Crippen LogP contribution in [0.4, 0.5) is 17.1 Å². The Hall–Kier alpha value is -6.64. The highest BCUT2D eigenvalue weighted by Gasteiger charge is 2.38. The van der Waals surface area contributed by atoms with E-state index in [0.717, 1.165) is 44.4 Å². The number of rotatable bonds is 5. The van der Waals surface area contributed by atoms with E-state index in [9.17, 15) is 0 Å². The molecule has 9 aromatic rings. The average molecular weight is 720 g/mol. The van der Waals surface area contributed by atoms with Gasteiger partial charge in [0.1, 0.15) is 11.2 Å². The highest BCUT2D eigenvalue weighted by molar-refractivity contribution is 6.14. The van der Waals surface area contributed by atoms with Crippen molar-refractivity contribution in [1.29, 1.82) is 0 Å². The Bertz CT molecular complexity index is 3050. The van der Waals surface area contributed by atoms with Crippen molar-refractivity contribution >= 4 is 39.0 Å². The third-order valence-electron chi connectivity index (χ3n) is 12.7. The van der Waals surface area contributed by atoms with E-state index in [-0.39, 0.29) is 10.8 Å². The van der Waals surface area contributed by atoms with Gasteiger partial charge in [0.05, 0.1) is 11.4 Å². The molecule has 11 rings (SSSR count). The fourth-order valence-corrected chi connectivity index (χ4v) is 9.93. The van der Waals surface area contributed by atoms with Crippen LogP contribution in [0.5, 0.6) is 0 Å². The molecular weight excluding hydrogens is 679 g/mol. The Kier molecular flexibility index (Phi) is 6.98.